The van der Waals surface area contributed by atoms with Crippen molar-refractivity contribution in [3.63, 3.8) is 0 Å². The highest BCUT2D eigenvalue weighted by Crippen LogP contribution is 2.66. The summed E-state index contributed by atoms with van der Waals surface area (Å²) in [6, 6.07) is 3.62. The smallest absolute Gasteiger partial charge is 0.458 e. The van der Waals surface area contributed by atoms with E-state index >= 15 is 0 Å². The van der Waals surface area contributed by atoms with Crippen molar-refractivity contribution >= 4 is 19.5 Å². The third-order valence-electron chi connectivity index (χ3n) is 8.63. The van der Waals surface area contributed by atoms with Crippen molar-refractivity contribution in [2.75, 3.05) is 13.7 Å². The molecule has 0 spiro atoms. The number of esters is 1. The fourth-order valence-electron chi connectivity index (χ4n) is 6.71. The van der Waals surface area contributed by atoms with Crippen LogP contribution in [0.3, 0.4) is 0 Å². The zero-order valence-electron chi connectivity index (χ0n) is 20.8. The van der Waals surface area contributed by atoms with Gasteiger partial charge >= 0.3 is 13.1 Å². The van der Waals surface area contributed by atoms with Crippen LogP contribution < -0.4 is 14.8 Å². The van der Waals surface area contributed by atoms with Gasteiger partial charge in [0.05, 0.1) is 18.8 Å². The monoisotopic (exact) mass is 471 g/mol. The molecule has 1 saturated heterocycles. The zero-order chi connectivity index (χ0) is 24.5. The molecule has 5 unspecified atom stereocenters. The molecule has 1 N–H and O–H groups in total. The summed E-state index contributed by atoms with van der Waals surface area (Å²) in [5, 5.41) is 2.80. The zero-order valence-corrected chi connectivity index (χ0v) is 20.8. The second kappa shape index (κ2) is 7.88. The van der Waals surface area contributed by atoms with E-state index in [0.29, 0.717) is 42.6 Å². The van der Waals surface area contributed by atoms with Gasteiger partial charge in [-0.25, -0.2) is 4.79 Å². The Morgan fingerprint density at radius 3 is 2.65 bits per heavy atom. The van der Waals surface area contributed by atoms with Gasteiger partial charge < -0.3 is 28.8 Å². The Hall–Kier alpha value is -2.26. The van der Waals surface area contributed by atoms with Crippen molar-refractivity contribution in [3.8, 4) is 11.5 Å². The average Bonchev–Trinajstić information content (AvgIpc) is 3.10. The summed E-state index contributed by atoms with van der Waals surface area (Å²) in [4.78, 5) is 24.0. The number of ether oxygens (including phenoxy) is 3. The van der Waals surface area contributed by atoms with Crippen molar-refractivity contribution in [1.29, 1.82) is 0 Å². The van der Waals surface area contributed by atoms with Gasteiger partial charge in [-0.15, -0.1) is 0 Å². The van der Waals surface area contributed by atoms with E-state index in [-0.39, 0.29) is 28.6 Å². The number of hydrogen-bond acceptors (Lipinski definition) is 7. The molecule has 1 amide bonds. The maximum atomic E-state index is 12.8. The summed E-state index contributed by atoms with van der Waals surface area (Å²) in [5.41, 5.74) is 0.989. The Morgan fingerprint density at radius 1 is 1.21 bits per heavy atom. The number of fused-ring (bicyclic) bond motifs is 1. The predicted octanol–water partition coefficient (Wildman–Crippen LogP) is 3.54. The van der Waals surface area contributed by atoms with Gasteiger partial charge in [-0.1, -0.05) is 19.9 Å². The van der Waals surface area contributed by atoms with E-state index in [4.69, 9.17) is 23.5 Å². The first-order valence-corrected chi connectivity index (χ1v) is 12.1. The summed E-state index contributed by atoms with van der Waals surface area (Å²) in [6.45, 7) is 10.6. The van der Waals surface area contributed by atoms with Crippen LogP contribution in [0.5, 0.6) is 11.5 Å². The Kier molecular flexibility index (Phi) is 5.44. The van der Waals surface area contributed by atoms with Gasteiger partial charge in [0.15, 0.2) is 0 Å². The predicted molar refractivity (Wildman–Crippen MR) is 125 cm³/mol. The van der Waals surface area contributed by atoms with E-state index in [1.165, 1.54) is 13.5 Å². The number of methoxy groups -OCH3 is 1. The molecule has 2 aliphatic heterocycles. The SMILES string of the molecule is COc1ccc(C(CNC=O)CB2OC3CC4CC(C4(C)C)C3(C)O2)c2c1C(=O)OC(C)(C)O2. The van der Waals surface area contributed by atoms with Gasteiger partial charge in [0.2, 0.25) is 12.2 Å². The van der Waals surface area contributed by atoms with Gasteiger partial charge in [-0.2, -0.15) is 0 Å². The first-order valence-electron chi connectivity index (χ1n) is 12.1. The topological polar surface area (TPSA) is 92.3 Å². The van der Waals surface area contributed by atoms with Gasteiger partial charge in [-0.3, -0.25) is 4.79 Å². The van der Waals surface area contributed by atoms with E-state index in [9.17, 15) is 9.59 Å². The van der Waals surface area contributed by atoms with Crippen molar-refractivity contribution in [3.05, 3.63) is 23.3 Å². The third kappa shape index (κ3) is 3.50. The van der Waals surface area contributed by atoms with Gasteiger partial charge in [0.1, 0.15) is 17.1 Å². The maximum Gasteiger partial charge on any atom is 0.458 e. The molecule has 9 heteroatoms. The van der Waals surface area contributed by atoms with Gasteiger partial charge in [-0.05, 0) is 55.0 Å². The summed E-state index contributed by atoms with van der Waals surface area (Å²) >= 11 is 0. The molecule has 34 heavy (non-hydrogen) atoms. The molecule has 184 valence electrons. The number of cyclic esters (lactones) is 1. The fourth-order valence-corrected chi connectivity index (χ4v) is 6.71. The number of carbonyl (C=O) groups excluding carboxylic acids is 2. The Labute approximate surface area is 201 Å². The van der Waals surface area contributed by atoms with Crippen LogP contribution in [0.1, 0.15) is 69.3 Å². The molecule has 1 aromatic carbocycles. The van der Waals surface area contributed by atoms with E-state index in [2.05, 4.69) is 26.1 Å². The molecule has 5 atom stereocenters. The number of rotatable bonds is 7. The van der Waals surface area contributed by atoms with Crippen molar-refractivity contribution in [2.24, 2.45) is 17.3 Å². The van der Waals surface area contributed by atoms with E-state index in [1.54, 1.807) is 19.9 Å². The summed E-state index contributed by atoms with van der Waals surface area (Å²) in [6.07, 6.45) is 3.46. The highest BCUT2D eigenvalue weighted by atomic mass is 16.7. The van der Waals surface area contributed by atoms with Gasteiger partial charge in [0.25, 0.3) is 0 Å². The van der Waals surface area contributed by atoms with Crippen molar-refractivity contribution in [1.82, 2.24) is 5.32 Å². The lowest BCUT2D eigenvalue weighted by atomic mass is 9.43. The minimum absolute atomic E-state index is 0.0731. The minimum atomic E-state index is -1.12. The summed E-state index contributed by atoms with van der Waals surface area (Å²) in [7, 11) is 1.09. The van der Waals surface area contributed by atoms with Crippen LogP contribution in [0.25, 0.3) is 0 Å². The standard InChI is InChI=1S/C25H34BNO7/c1-23(2)15-9-18(23)25(5)19(10-15)33-26(34-25)11-14(12-27-13-28)16-7-8-17(30-6)20-21(16)31-24(3,4)32-22(20)29/h7-8,13-15,18-19H,9-12H2,1-6H3,(H,27,28). The van der Waals surface area contributed by atoms with Crippen LogP contribution in [0, 0.1) is 17.3 Å². The second-order valence-electron chi connectivity index (χ2n) is 11.3. The lowest BCUT2D eigenvalue weighted by Crippen LogP contribution is -2.65. The Bertz CT molecular complexity index is 1010. The lowest BCUT2D eigenvalue weighted by Gasteiger charge is -2.64. The quantitative estimate of drug-likeness (QED) is 0.370. The molecular weight excluding hydrogens is 437 g/mol. The molecule has 1 aromatic rings. The number of carbonyl (C=O) groups is 2. The molecule has 6 rings (SSSR count). The molecule has 0 aromatic heterocycles. The third-order valence-corrected chi connectivity index (χ3v) is 8.63. The largest absolute Gasteiger partial charge is 0.496 e. The number of hydrogen-bond donors (Lipinski definition) is 1. The average molecular weight is 471 g/mol. The highest BCUT2D eigenvalue weighted by Gasteiger charge is 2.67. The first-order chi connectivity index (χ1) is 16.0. The molecule has 5 aliphatic rings. The number of nitrogens with one attached hydrogen (secondary N) is 1. The van der Waals surface area contributed by atoms with Crippen LogP contribution in [0.2, 0.25) is 6.32 Å². The van der Waals surface area contributed by atoms with E-state index < -0.39 is 18.9 Å². The maximum absolute atomic E-state index is 12.8. The number of amides is 1. The lowest BCUT2D eigenvalue weighted by molar-refractivity contribution is -0.199. The first kappa shape index (κ1) is 23.5. The van der Waals surface area contributed by atoms with Crippen molar-refractivity contribution in [2.45, 2.75) is 77.2 Å². The van der Waals surface area contributed by atoms with Gasteiger partial charge in [0, 0.05) is 26.3 Å². The normalized spacial score (nSPS) is 32.9. The second-order valence-corrected chi connectivity index (χ2v) is 11.3. The Balaban J connectivity index is 1.45. The van der Waals surface area contributed by atoms with Crippen LogP contribution in [-0.4, -0.2) is 50.6 Å². The molecule has 4 fully saturated rings. The minimum Gasteiger partial charge on any atom is -0.496 e. The molecule has 8 nitrogen and oxygen atoms in total. The molecule has 2 bridgehead atoms. The molecule has 3 saturated carbocycles. The van der Waals surface area contributed by atoms with E-state index in [1.807, 2.05) is 6.07 Å². The van der Waals surface area contributed by atoms with Crippen molar-refractivity contribution < 1.29 is 33.1 Å². The molecular formula is C25H34BNO7. The summed E-state index contributed by atoms with van der Waals surface area (Å²) < 4.78 is 30.1. The van der Waals surface area contributed by atoms with Crippen LogP contribution >= 0.6 is 0 Å². The van der Waals surface area contributed by atoms with Crippen LogP contribution in [-0.2, 0) is 18.8 Å². The molecule has 0 radical (unpaired) electrons. The molecule has 2 heterocycles. The number of benzene rings is 1. The van der Waals surface area contributed by atoms with Crippen LogP contribution in [0.15, 0.2) is 12.1 Å². The highest BCUT2D eigenvalue weighted by molar-refractivity contribution is 6.45. The fraction of sp³-hybridized carbons (Fsp3) is 0.680. The molecule has 3 aliphatic carbocycles. The summed E-state index contributed by atoms with van der Waals surface area (Å²) in [5.74, 6) is 0.111. The van der Waals surface area contributed by atoms with E-state index in [0.717, 1.165) is 12.0 Å². The Morgan fingerprint density at radius 2 is 1.97 bits per heavy atom. The van der Waals surface area contributed by atoms with Crippen LogP contribution in [0.4, 0.5) is 0 Å².